The van der Waals surface area contributed by atoms with Gasteiger partial charge in [-0.25, -0.2) is 25.9 Å². The number of piperidine rings is 1. The lowest BCUT2D eigenvalue weighted by Crippen LogP contribution is -2.33. The van der Waals surface area contributed by atoms with E-state index in [0.29, 0.717) is 12.3 Å². The predicted octanol–water partition coefficient (Wildman–Crippen LogP) is 0.897. The summed E-state index contributed by atoms with van der Waals surface area (Å²) in [7, 11) is -7.58. The summed E-state index contributed by atoms with van der Waals surface area (Å²) in [4.78, 5) is -0.783. The number of sulfonamides is 1. The fourth-order valence-electron chi connectivity index (χ4n) is 2.60. The molecule has 0 aromatic heterocycles. The minimum Gasteiger partial charge on any atom is -0.316 e. The molecular formula is C14H21FN2O4S2. The van der Waals surface area contributed by atoms with E-state index in [-0.39, 0.29) is 11.4 Å². The van der Waals surface area contributed by atoms with Gasteiger partial charge in [0.15, 0.2) is 9.84 Å². The molecule has 0 amide bonds. The third-order valence-electron chi connectivity index (χ3n) is 3.86. The Labute approximate surface area is 136 Å². The van der Waals surface area contributed by atoms with Crippen LogP contribution >= 0.6 is 0 Å². The van der Waals surface area contributed by atoms with Gasteiger partial charge in [-0.2, -0.15) is 0 Å². The molecule has 0 aliphatic carbocycles. The van der Waals surface area contributed by atoms with Crippen molar-refractivity contribution in [2.45, 2.75) is 29.1 Å². The Morgan fingerprint density at radius 1 is 1.30 bits per heavy atom. The van der Waals surface area contributed by atoms with E-state index in [0.717, 1.165) is 50.4 Å². The second-order valence-electron chi connectivity index (χ2n) is 5.76. The highest BCUT2D eigenvalue weighted by Crippen LogP contribution is 2.19. The molecule has 0 saturated carbocycles. The molecule has 23 heavy (non-hydrogen) atoms. The third kappa shape index (κ3) is 4.97. The smallest absolute Gasteiger partial charge is 0.240 e. The van der Waals surface area contributed by atoms with Gasteiger partial charge in [-0.05, 0) is 56.5 Å². The van der Waals surface area contributed by atoms with E-state index in [1.165, 1.54) is 0 Å². The highest BCUT2D eigenvalue weighted by molar-refractivity contribution is 7.90. The largest absolute Gasteiger partial charge is 0.316 e. The molecule has 1 aromatic rings. The number of hydrogen-bond acceptors (Lipinski definition) is 5. The summed E-state index contributed by atoms with van der Waals surface area (Å²) in [6.07, 6.45) is 3.72. The lowest BCUT2D eigenvalue weighted by Gasteiger charge is -2.22. The van der Waals surface area contributed by atoms with E-state index in [9.17, 15) is 21.2 Å². The zero-order valence-electron chi connectivity index (χ0n) is 12.9. The molecule has 1 atom stereocenters. The summed E-state index contributed by atoms with van der Waals surface area (Å²) in [5.41, 5.74) is 0. The molecule has 0 bridgehead atoms. The van der Waals surface area contributed by atoms with Crippen molar-refractivity contribution < 1.29 is 21.2 Å². The molecule has 1 saturated heterocycles. The molecule has 1 aliphatic heterocycles. The molecule has 1 fully saturated rings. The van der Waals surface area contributed by atoms with Crippen molar-refractivity contribution in [3.63, 3.8) is 0 Å². The summed E-state index contributed by atoms with van der Waals surface area (Å²) in [6, 6.07) is 2.81. The van der Waals surface area contributed by atoms with Crippen molar-refractivity contribution >= 4 is 19.9 Å². The maximum absolute atomic E-state index is 13.8. The molecule has 2 N–H and O–H groups in total. The van der Waals surface area contributed by atoms with Crippen LogP contribution in [0, 0.1) is 11.7 Å². The van der Waals surface area contributed by atoms with Gasteiger partial charge in [-0.1, -0.05) is 0 Å². The van der Waals surface area contributed by atoms with Crippen LogP contribution in [0.1, 0.15) is 19.3 Å². The lowest BCUT2D eigenvalue weighted by atomic mass is 9.96. The number of hydrogen-bond donors (Lipinski definition) is 2. The third-order valence-corrected chi connectivity index (χ3v) is 6.45. The normalized spacial score (nSPS) is 19.7. The van der Waals surface area contributed by atoms with Crippen LogP contribution in [0.4, 0.5) is 4.39 Å². The van der Waals surface area contributed by atoms with E-state index in [2.05, 4.69) is 10.0 Å². The zero-order valence-corrected chi connectivity index (χ0v) is 14.5. The minimum atomic E-state index is -3.85. The highest BCUT2D eigenvalue weighted by atomic mass is 32.2. The Bertz CT molecular complexity index is 757. The van der Waals surface area contributed by atoms with Gasteiger partial charge >= 0.3 is 0 Å². The molecule has 9 heteroatoms. The van der Waals surface area contributed by atoms with Gasteiger partial charge in [0.1, 0.15) is 10.7 Å². The summed E-state index contributed by atoms with van der Waals surface area (Å²) < 4.78 is 63.2. The fourth-order valence-corrected chi connectivity index (χ4v) is 4.39. The Hall–Kier alpha value is -1.03. The second-order valence-corrected chi connectivity index (χ2v) is 9.51. The molecule has 0 unspecified atom stereocenters. The van der Waals surface area contributed by atoms with E-state index in [1.54, 1.807) is 0 Å². The summed E-state index contributed by atoms with van der Waals surface area (Å²) in [5.74, 6) is -0.636. The number of nitrogens with one attached hydrogen (secondary N) is 2. The fraction of sp³-hybridized carbons (Fsp3) is 0.571. The van der Waals surface area contributed by atoms with Gasteiger partial charge in [0.25, 0.3) is 0 Å². The van der Waals surface area contributed by atoms with Crippen molar-refractivity contribution in [3.05, 3.63) is 24.0 Å². The van der Waals surface area contributed by atoms with Crippen LogP contribution in [0.3, 0.4) is 0 Å². The van der Waals surface area contributed by atoms with Gasteiger partial charge in [0.2, 0.25) is 10.0 Å². The van der Waals surface area contributed by atoms with Crippen molar-refractivity contribution in [2.24, 2.45) is 5.92 Å². The van der Waals surface area contributed by atoms with Gasteiger partial charge in [0.05, 0.1) is 4.90 Å². The molecule has 0 spiro atoms. The van der Waals surface area contributed by atoms with Gasteiger partial charge < -0.3 is 5.32 Å². The first kappa shape index (κ1) is 18.3. The summed E-state index contributed by atoms with van der Waals surface area (Å²) >= 11 is 0. The molecule has 130 valence electrons. The maximum Gasteiger partial charge on any atom is 0.240 e. The first-order chi connectivity index (χ1) is 10.7. The van der Waals surface area contributed by atoms with Crippen molar-refractivity contribution in [1.82, 2.24) is 10.0 Å². The Kier molecular flexibility index (Phi) is 5.77. The molecule has 1 aromatic carbocycles. The molecule has 2 rings (SSSR count). The van der Waals surface area contributed by atoms with Crippen molar-refractivity contribution in [1.29, 1.82) is 0 Å². The monoisotopic (exact) mass is 364 g/mol. The number of benzene rings is 1. The number of rotatable bonds is 6. The average molecular weight is 364 g/mol. The molecular weight excluding hydrogens is 343 g/mol. The van der Waals surface area contributed by atoms with Crippen LogP contribution in [-0.4, -0.2) is 42.7 Å². The standard InChI is InChI=1S/C14H21FN2O4S2/c1-22(18,19)14-5-4-12(9-13(14)15)23(20,21)17-8-6-11-3-2-7-16-10-11/h4-5,9,11,16-17H,2-3,6-8,10H2,1H3/t11-/m0/s1. The van der Waals surface area contributed by atoms with Crippen LogP contribution in [0.5, 0.6) is 0 Å². The second kappa shape index (κ2) is 7.25. The minimum absolute atomic E-state index is 0.268. The maximum atomic E-state index is 13.8. The Morgan fingerprint density at radius 2 is 2.04 bits per heavy atom. The van der Waals surface area contributed by atoms with E-state index in [4.69, 9.17) is 0 Å². The lowest BCUT2D eigenvalue weighted by molar-refractivity contribution is 0.358. The Morgan fingerprint density at radius 3 is 2.61 bits per heavy atom. The average Bonchev–Trinajstić information content (AvgIpc) is 2.46. The quantitative estimate of drug-likeness (QED) is 0.782. The van der Waals surface area contributed by atoms with Gasteiger partial charge in [0, 0.05) is 12.8 Å². The van der Waals surface area contributed by atoms with Gasteiger partial charge in [-0.3, -0.25) is 0 Å². The van der Waals surface area contributed by atoms with E-state index >= 15 is 0 Å². The van der Waals surface area contributed by atoms with Crippen LogP contribution in [-0.2, 0) is 19.9 Å². The van der Waals surface area contributed by atoms with E-state index in [1.807, 2.05) is 0 Å². The van der Waals surface area contributed by atoms with Crippen LogP contribution in [0.25, 0.3) is 0 Å². The predicted molar refractivity (Wildman–Crippen MR) is 84.9 cm³/mol. The van der Waals surface area contributed by atoms with Crippen LogP contribution in [0.15, 0.2) is 28.0 Å². The van der Waals surface area contributed by atoms with Crippen LogP contribution < -0.4 is 10.0 Å². The molecule has 1 heterocycles. The summed E-state index contributed by atoms with van der Waals surface area (Å²) in [6.45, 7) is 2.14. The summed E-state index contributed by atoms with van der Waals surface area (Å²) in [5, 5.41) is 3.26. The molecule has 0 radical (unpaired) electrons. The Balaban J connectivity index is 2.03. The first-order valence-corrected chi connectivity index (χ1v) is 10.8. The highest BCUT2D eigenvalue weighted by Gasteiger charge is 2.20. The zero-order chi connectivity index (χ0) is 17.1. The number of sulfone groups is 1. The van der Waals surface area contributed by atoms with Crippen LogP contribution in [0.2, 0.25) is 0 Å². The first-order valence-electron chi connectivity index (χ1n) is 7.40. The van der Waals surface area contributed by atoms with E-state index < -0.39 is 30.6 Å². The SMILES string of the molecule is CS(=O)(=O)c1ccc(S(=O)(=O)NCC[C@@H]2CCCNC2)cc1F. The molecule has 1 aliphatic rings. The van der Waals surface area contributed by atoms with Gasteiger partial charge in [-0.15, -0.1) is 0 Å². The van der Waals surface area contributed by atoms with Crippen molar-refractivity contribution in [3.8, 4) is 0 Å². The number of halogens is 1. The molecule has 6 nitrogen and oxygen atoms in total. The van der Waals surface area contributed by atoms with Crippen molar-refractivity contribution in [2.75, 3.05) is 25.9 Å². The topological polar surface area (TPSA) is 92.3 Å².